The molecule has 18 heavy (non-hydrogen) atoms. The Morgan fingerprint density at radius 3 is 2.72 bits per heavy atom. The van der Waals surface area contributed by atoms with Crippen LogP contribution in [0.25, 0.3) is 0 Å². The SMILES string of the molecule is CCNC1(C(=O)OCC)CCC(OCC2CC2)C1. The molecular weight excluding hydrogens is 230 g/mol. The third kappa shape index (κ3) is 3.23. The molecule has 0 amide bonds. The van der Waals surface area contributed by atoms with E-state index in [0.717, 1.165) is 38.3 Å². The molecule has 4 nitrogen and oxygen atoms in total. The van der Waals surface area contributed by atoms with E-state index >= 15 is 0 Å². The van der Waals surface area contributed by atoms with E-state index in [-0.39, 0.29) is 12.1 Å². The Morgan fingerprint density at radius 1 is 1.33 bits per heavy atom. The summed E-state index contributed by atoms with van der Waals surface area (Å²) >= 11 is 0. The Bertz CT molecular complexity index is 291. The van der Waals surface area contributed by atoms with Crippen molar-refractivity contribution < 1.29 is 14.3 Å². The number of nitrogens with one attached hydrogen (secondary N) is 1. The van der Waals surface area contributed by atoms with E-state index in [4.69, 9.17) is 9.47 Å². The van der Waals surface area contributed by atoms with Gasteiger partial charge in [-0.25, -0.2) is 0 Å². The molecule has 2 aliphatic carbocycles. The minimum absolute atomic E-state index is 0.107. The summed E-state index contributed by atoms with van der Waals surface area (Å²) in [6.45, 7) is 5.98. The van der Waals surface area contributed by atoms with Crippen LogP contribution in [-0.2, 0) is 14.3 Å². The van der Waals surface area contributed by atoms with Crippen molar-refractivity contribution in [2.45, 2.75) is 57.6 Å². The Hall–Kier alpha value is -0.610. The van der Waals surface area contributed by atoms with Crippen molar-refractivity contribution in [1.82, 2.24) is 5.32 Å². The van der Waals surface area contributed by atoms with Gasteiger partial charge in [-0.3, -0.25) is 4.79 Å². The van der Waals surface area contributed by atoms with Crippen LogP contribution in [0.15, 0.2) is 0 Å². The lowest BCUT2D eigenvalue weighted by molar-refractivity contribution is -0.151. The second-order valence-corrected chi connectivity index (χ2v) is 5.47. The predicted octanol–water partition coefficient (Wildman–Crippen LogP) is 1.88. The van der Waals surface area contributed by atoms with Crippen molar-refractivity contribution >= 4 is 5.97 Å². The average Bonchev–Trinajstić information content (AvgIpc) is 3.09. The van der Waals surface area contributed by atoms with Gasteiger partial charge in [-0.15, -0.1) is 0 Å². The molecule has 2 aliphatic rings. The summed E-state index contributed by atoms with van der Waals surface area (Å²) in [4.78, 5) is 12.1. The molecule has 0 heterocycles. The summed E-state index contributed by atoms with van der Waals surface area (Å²) < 4.78 is 11.1. The van der Waals surface area contributed by atoms with E-state index in [1.54, 1.807) is 0 Å². The second kappa shape index (κ2) is 6.02. The average molecular weight is 255 g/mol. The topological polar surface area (TPSA) is 47.6 Å². The highest BCUT2D eigenvalue weighted by Gasteiger charge is 2.46. The first-order chi connectivity index (χ1) is 8.70. The number of likely N-dealkylation sites (N-methyl/N-ethyl adjacent to an activating group) is 1. The van der Waals surface area contributed by atoms with Crippen LogP contribution in [0, 0.1) is 5.92 Å². The molecule has 2 unspecified atom stereocenters. The van der Waals surface area contributed by atoms with Gasteiger partial charge in [0.15, 0.2) is 0 Å². The maximum absolute atomic E-state index is 12.1. The molecule has 0 bridgehead atoms. The summed E-state index contributed by atoms with van der Waals surface area (Å²) in [5.41, 5.74) is -0.501. The van der Waals surface area contributed by atoms with Gasteiger partial charge in [0.05, 0.1) is 12.7 Å². The molecule has 1 N–H and O–H groups in total. The van der Waals surface area contributed by atoms with E-state index in [9.17, 15) is 4.79 Å². The lowest BCUT2D eigenvalue weighted by Gasteiger charge is -2.27. The number of carbonyl (C=O) groups excluding carboxylic acids is 1. The van der Waals surface area contributed by atoms with Crippen molar-refractivity contribution in [3.05, 3.63) is 0 Å². The van der Waals surface area contributed by atoms with Crippen LogP contribution >= 0.6 is 0 Å². The normalized spacial score (nSPS) is 31.6. The van der Waals surface area contributed by atoms with Crippen LogP contribution < -0.4 is 5.32 Å². The van der Waals surface area contributed by atoms with Gasteiger partial charge in [0.25, 0.3) is 0 Å². The number of rotatable bonds is 7. The third-order valence-electron chi connectivity index (χ3n) is 3.92. The highest BCUT2D eigenvalue weighted by atomic mass is 16.5. The molecule has 2 rings (SSSR count). The summed E-state index contributed by atoms with van der Waals surface area (Å²) in [5, 5.41) is 3.32. The van der Waals surface area contributed by atoms with Gasteiger partial charge in [-0.1, -0.05) is 6.92 Å². The third-order valence-corrected chi connectivity index (χ3v) is 3.92. The first-order valence-corrected chi connectivity index (χ1v) is 7.24. The Kier molecular flexibility index (Phi) is 4.62. The molecule has 4 heteroatoms. The van der Waals surface area contributed by atoms with Gasteiger partial charge < -0.3 is 14.8 Å². The van der Waals surface area contributed by atoms with Crippen molar-refractivity contribution in [3.8, 4) is 0 Å². The van der Waals surface area contributed by atoms with Crippen LogP contribution in [0.5, 0.6) is 0 Å². The van der Waals surface area contributed by atoms with Crippen LogP contribution in [0.3, 0.4) is 0 Å². The van der Waals surface area contributed by atoms with Crippen molar-refractivity contribution in [3.63, 3.8) is 0 Å². The Labute approximate surface area is 109 Å². The monoisotopic (exact) mass is 255 g/mol. The van der Waals surface area contributed by atoms with E-state index in [1.165, 1.54) is 12.8 Å². The first kappa shape index (κ1) is 13.8. The molecule has 2 atom stereocenters. The maximum Gasteiger partial charge on any atom is 0.326 e. The lowest BCUT2D eigenvalue weighted by atomic mass is 9.97. The largest absolute Gasteiger partial charge is 0.465 e. The molecule has 0 saturated heterocycles. The fourth-order valence-corrected chi connectivity index (χ4v) is 2.72. The van der Waals surface area contributed by atoms with Gasteiger partial charge in [0.1, 0.15) is 5.54 Å². The molecule has 2 saturated carbocycles. The highest BCUT2D eigenvalue weighted by Crippen LogP contribution is 2.35. The fraction of sp³-hybridized carbons (Fsp3) is 0.929. The molecule has 0 aliphatic heterocycles. The minimum Gasteiger partial charge on any atom is -0.465 e. The highest BCUT2D eigenvalue weighted by molar-refractivity contribution is 5.81. The molecule has 2 fully saturated rings. The summed E-state index contributed by atoms with van der Waals surface area (Å²) in [5.74, 6) is 0.672. The number of hydrogen-bond acceptors (Lipinski definition) is 4. The maximum atomic E-state index is 12.1. The zero-order valence-electron chi connectivity index (χ0n) is 11.5. The molecule has 0 aromatic rings. The van der Waals surface area contributed by atoms with Crippen molar-refractivity contribution in [2.24, 2.45) is 5.92 Å². The van der Waals surface area contributed by atoms with E-state index in [0.29, 0.717) is 6.61 Å². The van der Waals surface area contributed by atoms with E-state index in [1.807, 2.05) is 13.8 Å². The molecule has 0 aromatic carbocycles. The van der Waals surface area contributed by atoms with E-state index in [2.05, 4.69) is 5.32 Å². The zero-order chi connectivity index (χ0) is 13.0. The second-order valence-electron chi connectivity index (χ2n) is 5.47. The van der Waals surface area contributed by atoms with Gasteiger partial charge >= 0.3 is 5.97 Å². The smallest absolute Gasteiger partial charge is 0.326 e. The van der Waals surface area contributed by atoms with Crippen LogP contribution in [0.4, 0.5) is 0 Å². The fourth-order valence-electron chi connectivity index (χ4n) is 2.72. The summed E-state index contributed by atoms with van der Waals surface area (Å²) in [7, 11) is 0. The first-order valence-electron chi connectivity index (χ1n) is 7.24. The summed E-state index contributed by atoms with van der Waals surface area (Å²) in [6, 6.07) is 0. The van der Waals surface area contributed by atoms with E-state index < -0.39 is 5.54 Å². The van der Waals surface area contributed by atoms with Crippen molar-refractivity contribution in [1.29, 1.82) is 0 Å². The molecule has 104 valence electrons. The summed E-state index contributed by atoms with van der Waals surface area (Å²) in [6.07, 6.45) is 5.38. The van der Waals surface area contributed by atoms with Crippen LogP contribution in [0.2, 0.25) is 0 Å². The molecular formula is C14H25NO3. The molecule has 0 radical (unpaired) electrons. The number of ether oxygens (including phenoxy) is 2. The lowest BCUT2D eigenvalue weighted by Crippen LogP contribution is -2.51. The van der Waals surface area contributed by atoms with Crippen molar-refractivity contribution in [2.75, 3.05) is 19.8 Å². The predicted molar refractivity (Wildman–Crippen MR) is 69.4 cm³/mol. The number of carbonyl (C=O) groups is 1. The van der Waals surface area contributed by atoms with Gasteiger partial charge in [0.2, 0.25) is 0 Å². The molecule has 0 spiro atoms. The van der Waals surface area contributed by atoms with Gasteiger partial charge in [-0.2, -0.15) is 0 Å². The van der Waals surface area contributed by atoms with Gasteiger partial charge in [0, 0.05) is 13.0 Å². The Morgan fingerprint density at radius 2 is 2.11 bits per heavy atom. The minimum atomic E-state index is -0.501. The van der Waals surface area contributed by atoms with Gasteiger partial charge in [-0.05, 0) is 45.1 Å². The number of esters is 1. The van der Waals surface area contributed by atoms with Crippen LogP contribution in [0.1, 0.15) is 46.0 Å². The quantitative estimate of drug-likeness (QED) is 0.706. The molecule has 0 aromatic heterocycles. The Balaban J connectivity index is 1.87. The van der Waals surface area contributed by atoms with Crippen LogP contribution in [-0.4, -0.2) is 37.4 Å². The number of hydrogen-bond donors (Lipinski definition) is 1. The standard InChI is InChI=1S/C14H25NO3/c1-3-15-14(13(16)17-4-2)8-7-12(9-14)18-10-11-5-6-11/h11-12,15H,3-10H2,1-2H3. The zero-order valence-corrected chi connectivity index (χ0v) is 11.5.